The van der Waals surface area contributed by atoms with Crippen LogP contribution in [0.5, 0.6) is 0 Å². The van der Waals surface area contributed by atoms with Crippen LogP contribution in [0.25, 0.3) is 0 Å². The third kappa shape index (κ3) is 3.10. The monoisotopic (exact) mass is 197 g/mol. The molecule has 0 fully saturated rings. The van der Waals surface area contributed by atoms with Gasteiger partial charge < -0.3 is 5.11 Å². The van der Waals surface area contributed by atoms with Crippen LogP contribution in [0, 0.1) is 5.92 Å². The fraction of sp³-hybridized carbons (Fsp3) is 0.800. The molecule has 0 spiro atoms. The minimum Gasteiger partial charge on any atom is -0.393 e. The summed E-state index contributed by atoms with van der Waals surface area (Å²) in [4.78, 5) is 4.15. The van der Waals surface area contributed by atoms with E-state index in [2.05, 4.69) is 23.9 Å². The molecule has 0 amide bonds. The van der Waals surface area contributed by atoms with Gasteiger partial charge in [-0.3, -0.25) is 0 Å². The van der Waals surface area contributed by atoms with Gasteiger partial charge in [-0.2, -0.15) is 5.10 Å². The van der Waals surface area contributed by atoms with Crippen molar-refractivity contribution < 1.29 is 5.11 Å². The molecule has 1 atom stereocenters. The Morgan fingerprint density at radius 1 is 1.50 bits per heavy atom. The highest BCUT2D eigenvalue weighted by Gasteiger charge is 2.10. The van der Waals surface area contributed by atoms with Gasteiger partial charge in [-0.05, 0) is 12.3 Å². The molecule has 0 aliphatic carbocycles. The molecule has 0 aliphatic rings. The number of aliphatic hydroxyl groups excluding tert-OH is 1. The predicted octanol–water partition coefficient (Wildman–Crippen LogP) is 1.25. The van der Waals surface area contributed by atoms with Gasteiger partial charge in [0.25, 0.3) is 0 Å². The molecule has 1 N–H and O–H groups in total. The first-order valence-corrected chi connectivity index (χ1v) is 5.18. The standard InChI is InChI=1S/C10H19N3O/c1-4-9(14)5-10-11-7-12-13(10)6-8(2)3/h7-9,14H,4-6H2,1-3H3. The van der Waals surface area contributed by atoms with Gasteiger partial charge in [-0.25, -0.2) is 9.67 Å². The van der Waals surface area contributed by atoms with Crippen LogP contribution in [0.2, 0.25) is 0 Å². The molecule has 14 heavy (non-hydrogen) atoms. The van der Waals surface area contributed by atoms with Crippen molar-refractivity contribution in [2.24, 2.45) is 5.92 Å². The smallest absolute Gasteiger partial charge is 0.138 e. The fourth-order valence-corrected chi connectivity index (χ4v) is 1.30. The lowest BCUT2D eigenvalue weighted by Crippen LogP contribution is -2.16. The molecule has 0 bridgehead atoms. The first kappa shape index (κ1) is 11.2. The highest BCUT2D eigenvalue weighted by Crippen LogP contribution is 2.05. The van der Waals surface area contributed by atoms with Crippen molar-refractivity contribution in [3.63, 3.8) is 0 Å². The summed E-state index contributed by atoms with van der Waals surface area (Å²) in [6, 6.07) is 0. The van der Waals surface area contributed by atoms with Crippen LogP contribution < -0.4 is 0 Å². The van der Waals surface area contributed by atoms with E-state index in [1.165, 1.54) is 0 Å². The second-order valence-electron chi connectivity index (χ2n) is 4.02. The molecule has 0 saturated heterocycles. The van der Waals surface area contributed by atoms with E-state index in [1.807, 2.05) is 11.6 Å². The minimum atomic E-state index is -0.301. The van der Waals surface area contributed by atoms with Gasteiger partial charge in [0.1, 0.15) is 12.2 Å². The van der Waals surface area contributed by atoms with Crippen molar-refractivity contribution in [3.8, 4) is 0 Å². The first-order chi connectivity index (χ1) is 6.63. The average Bonchev–Trinajstić information content (AvgIpc) is 2.52. The van der Waals surface area contributed by atoms with Crippen LogP contribution in [-0.4, -0.2) is 26.0 Å². The highest BCUT2D eigenvalue weighted by atomic mass is 16.3. The minimum absolute atomic E-state index is 0.301. The predicted molar refractivity (Wildman–Crippen MR) is 54.9 cm³/mol. The maximum Gasteiger partial charge on any atom is 0.138 e. The Bertz CT molecular complexity index is 270. The van der Waals surface area contributed by atoms with Crippen LogP contribution >= 0.6 is 0 Å². The number of aliphatic hydroxyl groups is 1. The van der Waals surface area contributed by atoms with Crippen molar-refractivity contribution in [3.05, 3.63) is 12.2 Å². The average molecular weight is 197 g/mol. The summed E-state index contributed by atoms with van der Waals surface area (Å²) in [6.45, 7) is 7.11. The summed E-state index contributed by atoms with van der Waals surface area (Å²) in [5, 5.41) is 13.6. The molecular formula is C10H19N3O. The maximum atomic E-state index is 9.51. The van der Waals surface area contributed by atoms with Gasteiger partial charge in [-0.1, -0.05) is 20.8 Å². The molecule has 1 rings (SSSR count). The molecule has 0 saturated carbocycles. The van der Waals surface area contributed by atoms with E-state index in [0.29, 0.717) is 12.3 Å². The van der Waals surface area contributed by atoms with E-state index in [9.17, 15) is 5.11 Å². The number of nitrogens with zero attached hydrogens (tertiary/aromatic N) is 3. The Morgan fingerprint density at radius 2 is 2.21 bits per heavy atom. The second-order valence-corrected chi connectivity index (χ2v) is 4.02. The number of hydrogen-bond acceptors (Lipinski definition) is 3. The van der Waals surface area contributed by atoms with Crippen molar-refractivity contribution in [1.29, 1.82) is 0 Å². The summed E-state index contributed by atoms with van der Waals surface area (Å²) in [5.41, 5.74) is 0. The van der Waals surface area contributed by atoms with Crippen LogP contribution in [0.1, 0.15) is 33.0 Å². The van der Waals surface area contributed by atoms with E-state index < -0.39 is 0 Å². The third-order valence-corrected chi connectivity index (χ3v) is 2.12. The molecule has 0 radical (unpaired) electrons. The number of rotatable bonds is 5. The lowest BCUT2D eigenvalue weighted by Gasteiger charge is -2.10. The van der Waals surface area contributed by atoms with E-state index in [4.69, 9.17) is 0 Å². The Labute approximate surface area is 85.0 Å². The van der Waals surface area contributed by atoms with Crippen LogP contribution in [0.4, 0.5) is 0 Å². The molecule has 1 unspecified atom stereocenters. The topological polar surface area (TPSA) is 50.9 Å². The van der Waals surface area contributed by atoms with Crippen molar-refractivity contribution in [2.45, 2.75) is 46.3 Å². The molecule has 4 nitrogen and oxygen atoms in total. The SMILES string of the molecule is CCC(O)Cc1ncnn1CC(C)C. The maximum absolute atomic E-state index is 9.51. The number of aromatic nitrogens is 3. The summed E-state index contributed by atoms with van der Waals surface area (Å²) >= 11 is 0. The number of hydrogen-bond donors (Lipinski definition) is 1. The zero-order valence-electron chi connectivity index (χ0n) is 9.14. The van der Waals surface area contributed by atoms with Crippen LogP contribution in [0.15, 0.2) is 6.33 Å². The fourth-order valence-electron chi connectivity index (χ4n) is 1.30. The Kier molecular flexibility index (Phi) is 4.07. The molecule has 1 aromatic rings. The molecule has 1 aromatic heterocycles. The van der Waals surface area contributed by atoms with Gasteiger partial charge in [-0.15, -0.1) is 0 Å². The first-order valence-electron chi connectivity index (χ1n) is 5.18. The molecule has 80 valence electrons. The van der Waals surface area contributed by atoms with Crippen LogP contribution in [0.3, 0.4) is 0 Å². The lowest BCUT2D eigenvalue weighted by atomic mass is 10.2. The third-order valence-electron chi connectivity index (χ3n) is 2.12. The molecule has 0 aromatic carbocycles. The van der Waals surface area contributed by atoms with Gasteiger partial charge in [0.2, 0.25) is 0 Å². The van der Waals surface area contributed by atoms with Gasteiger partial charge >= 0.3 is 0 Å². The highest BCUT2D eigenvalue weighted by molar-refractivity contribution is 4.87. The van der Waals surface area contributed by atoms with Crippen LogP contribution in [-0.2, 0) is 13.0 Å². The van der Waals surface area contributed by atoms with E-state index in [1.54, 1.807) is 6.33 Å². The van der Waals surface area contributed by atoms with Crippen molar-refractivity contribution in [2.75, 3.05) is 0 Å². The van der Waals surface area contributed by atoms with E-state index >= 15 is 0 Å². The summed E-state index contributed by atoms with van der Waals surface area (Å²) in [5.74, 6) is 1.43. The van der Waals surface area contributed by atoms with Crippen molar-refractivity contribution >= 4 is 0 Å². The van der Waals surface area contributed by atoms with Crippen molar-refractivity contribution in [1.82, 2.24) is 14.8 Å². The van der Waals surface area contributed by atoms with E-state index in [-0.39, 0.29) is 6.10 Å². The van der Waals surface area contributed by atoms with E-state index in [0.717, 1.165) is 18.8 Å². The zero-order chi connectivity index (χ0) is 10.6. The zero-order valence-corrected chi connectivity index (χ0v) is 9.14. The summed E-state index contributed by atoms with van der Waals surface area (Å²) in [6.07, 6.45) is 2.61. The van der Waals surface area contributed by atoms with Gasteiger partial charge in [0.15, 0.2) is 0 Å². The van der Waals surface area contributed by atoms with Gasteiger partial charge in [0, 0.05) is 13.0 Å². The molecule has 0 aliphatic heterocycles. The quantitative estimate of drug-likeness (QED) is 0.772. The Hall–Kier alpha value is -0.900. The largest absolute Gasteiger partial charge is 0.393 e. The summed E-state index contributed by atoms with van der Waals surface area (Å²) < 4.78 is 1.88. The second kappa shape index (κ2) is 5.10. The lowest BCUT2D eigenvalue weighted by molar-refractivity contribution is 0.166. The molecule has 1 heterocycles. The summed E-state index contributed by atoms with van der Waals surface area (Å²) in [7, 11) is 0. The molecule has 4 heteroatoms. The Balaban J connectivity index is 2.62. The van der Waals surface area contributed by atoms with Gasteiger partial charge in [0.05, 0.1) is 6.10 Å². The normalized spacial score (nSPS) is 13.5. The Morgan fingerprint density at radius 3 is 2.79 bits per heavy atom. The molecular weight excluding hydrogens is 178 g/mol.